The molecule has 2 aromatic carbocycles. The fourth-order valence-electron chi connectivity index (χ4n) is 3.15. The minimum atomic E-state index is -0.182. The maximum Gasteiger partial charge on any atom is 0.322 e. The molecule has 0 saturated carbocycles. The molecule has 2 amide bonds. The van der Waals surface area contributed by atoms with Crippen LogP contribution in [-0.2, 0) is 13.0 Å². The van der Waals surface area contributed by atoms with Crippen LogP contribution in [0.1, 0.15) is 11.1 Å². The van der Waals surface area contributed by atoms with Gasteiger partial charge in [0.05, 0.1) is 34.1 Å². The number of carbonyl (C=O) groups excluding carboxylic acids is 1. The van der Waals surface area contributed by atoms with E-state index < -0.39 is 0 Å². The molecule has 7 nitrogen and oxygen atoms in total. The summed E-state index contributed by atoms with van der Waals surface area (Å²) in [5.41, 5.74) is 2.82. The van der Waals surface area contributed by atoms with Crippen molar-refractivity contribution in [1.29, 1.82) is 0 Å². The third-order valence-corrected chi connectivity index (χ3v) is 4.66. The SMILES string of the molecule is COc1ccc(NC(=O)N2CCc3cc(OC)c(OC)cc3C2)c(OC)c1. The number of urea groups is 1. The van der Waals surface area contributed by atoms with Crippen LogP contribution >= 0.6 is 0 Å². The van der Waals surface area contributed by atoms with E-state index in [0.29, 0.717) is 41.8 Å². The fraction of sp³-hybridized carbons (Fsp3) is 0.350. The van der Waals surface area contributed by atoms with Gasteiger partial charge in [0, 0.05) is 19.2 Å². The van der Waals surface area contributed by atoms with Gasteiger partial charge in [-0.25, -0.2) is 4.79 Å². The van der Waals surface area contributed by atoms with Gasteiger partial charge < -0.3 is 29.2 Å². The van der Waals surface area contributed by atoms with Gasteiger partial charge in [-0.1, -0.05) is 0 Å². The fourth-order valence-corrected chi connectivity index (χ4v) is 3.15. The molecule has 144 valence electrons. The van der Waals surface area contributed by atoms with Crippen LogP contribution in [-0.4, -0.2) is 45.9 Å². The second-order valence-corrected chi connectivity index (χ2v) is 6.14. The number of anilines is 1. The summed E-state index contributed by atoms with van der Waals surface area (Å²) in [5.74, 6) is 2.58. The largest absolute Gasteiger partial charge is 0.497 e. The zero-order valence-electron chi connectivity index (χ0n) is 16.0. The van der Waals surface area contributed by atoms with Crippen LogP contribution in [0, 0.1) is 0 Å². The average molecular weight is 372 g/mol. The van der Waals surface area contributed by atoms with Gasteiger partial charge in [-0.2, -0.15) is 0 Å². The topological polar surface area (TPSA) is 69.3 Å². The van der Waals surface area contributed by atoms with E-state index in [1.807, 2.05) is 12.1 Å². The van der Waals surface area contributed by atoms with Crippen LogP contribution in [0.2, 0.25) is 0 Å². The molecule has 7 heteroatoms. The Bertz CT molecular complexity index is 837. The van der Waals surface area contributed by atoms with Gasteiger partial charge in [0.1, 0.15) is 11.5 Å². The average Bonchev–Trinajstić information content (AvgIpc) is 2.72. The third-order valence-electron chi connectivity index (χ3n) is 4.66. The Kier molecular flexibility index (Phi) is 5.59. The van der Waals surface area contributed by atoms with Gasteiger partial charge in [0.25, 0.3) is 0 Å². The zero-order valence-corrected chi connectivity index (χ0v) is 16.0. The molecule has 0 aliphatic carbocycles. The van der Waals surface area contributed by atoms with E-state index in [4.69, 9.17) is 18.9 Å². The highest BCUT2D eigenvalue weighted by Gasteiger charge is 2.23. The third kappa shape index (κ3) is 3.86. The summed E-state index contributed by atoms with van der Waals surface area (Å²) in [6, 6.07) is 9.01. The number of nitrogens with zero attached hydrogens (tertiary/aromatic N) is 1. The highest BCUT2D eigenvalue weighted by Crippen LogP contribution is 2.34. The van der Waals surface area contributed by atoms with Crippen LogP contribution in [0.5, 0.6) is 23.0 Å². The maximum absolute atomic E-state index is 12.7. The minimum absolute atomic E-state index is 0.182. The molecular weight excluding hydrogens is 348 g/mol. The number of fused-ring (bicyclic) bond motifs is 1. The summed E-state index contributed by atoms with van der Waals surface area (Å²) in [6.07, 6.45) is 0.753. The number of hydrogen-bond donors (Lipinski definition) is 1. The quantitative estimate of drug-likeness (QED) is 0.872. The summed E-state index contributed by atoms with van der Waals surface area (Å²) >= 11 is 0. The Morgan fingerprint density at radius 1 is 0.889 bits per heavy atom. The number of carbonyl (C=O) groups is 1. The lowest BCUT2D eigenvalue weighted by atomic mass is 9.99. The van der Waals surface area contributed by atoms with E-state index in [9.17, 15) is 4.79 Å². The lowest BCUT2D eigenvalue weighted by Gasteiger charge is -2.30. The molecule has 2 aromatic rings. The highest BCUT2D eigenvalue weighted by atomic mass is 16.5. The standard InChI is InChI=1S/C20H24N2O5/c1-24-15-5-6-16(17(11-15)25-2)21-20(23)22-8-7-13-9-18(26-3)19(27-4)10-14(13)12-22/h5-6,9-11H,7-8,12H2,1-4H3,(H,21,23). The van der Waals surface area contributed by atoms with E-state index in [2.05, 4.69) is 5.32 Å². The Morgan fingerprint density at radius 3 is 2.19 bits per heavy atom. The van der Waals surface area contributed by atoms with Crippen LogP contribution < -0.4 is 24.3 Å². The van der Waals surface area contributed by atoms with Crippen LogP contribution in [0.4, 0.5) is 10.5 Å². The van der Waals surface area contributed by atoms with Crippen molar-refractivity contribution in [1.82, 2.24) is 4.90 Å². The van der Waals surface area contributed by atoms with Crippen molar-refractivity contribution in [3.63, 3.8) is 0 Å². The number of ether oxygens (including phenoxy) is 4. The van der Waals surface area contributed by atoms with Crippen molar-refractivity contribution in [2.45, 2.75) is 13.0 Å². The van der Waals surface area contributed by atoms with Gasteiger partial charge in [-0.05, 0) is 41.8 Å². The number of benzene rings is 2. The molecule has 0 bridgehead atoms. The van der Waals surface area contributed by atoms with Gasteiger partial charge in [-0.15, -0.1) is 0 Å². The first-order valence-corrected chi connectivity index (χ1v) is 8.61. The predicted molar refractivity (Wildman–Crippen MR) is 102 cm³/mol. The first-order valence-electron chi connectivity index (χ1n) is 8.61. The molecule has 0 radical (unpaired) electrons. The monoisotopic (exact) mass is 372 g/mol. The van der Waals surface area contributed by atoms with Crippen LogP contribution in [0.15, 0.2) is 30.3 Å². The van der Waals surface area contributed by atoms with Gasteiger partial charge in [0.15, 0.2) is 11.5 Å². The maximum atomic E-state index is 12.7. The minimum Gasteiger partial charge on any atom is -0.497 e. The first-order chi connectivity index (χ1) is 13.1. The number of nitrogens with one attached hydrogen (secondary N) is 1. The lowest BCUT2D eigenvalue weighted by Crippen LogP contribution is -2.39. The molecule has 3 rings (SSSR count). The second kappa shape index (κ2) is 8.07. The summed E-state index contributed by atoms with van der Waals surface area (Å²) in [6.45, 7) is 1.12. The molecular formula is C20H24N2O5. The van der Waals surface area contributed by atoms with Crippen molar-refractivity contribution in [3.8, 4) is 23.0 Å². The molecule has 0 spiro atoms. The van der Waals surface area contributed by atoms with E-state index in [1.54, 1.807) is 51.5 Å². The van der Waals surface area contributed by atoms with E-state index in [1.165, 1.54) is 5.56 Å². The molecule has 1 aliphatic heterocycles. The first kappa shape index (κ1) is 18.7. The molecule has 0 atom stereocenters. The molecule has 1 aliphatic rings. The summed E-state index contributed by atoms with van der Waals surface area (Å²) < 4.78 is 21.3. The van der Waals surface area contributed by atoms with Crippen LogP contribution in [0.3, 0.4) is 0 Å². The molecule has 27 heavy (non-hydrogen) atoms. The zero-order chi connectivity index (χ0) is 19.4. The highest BCUT2D eigenvalue weighted by molar-refractivity contribution is 5.91. The van der Waals surface area contributed by atoms with Crippen molar-refractivity contribution in [3.05, 3.63) is 41.5 Å². The van der Waals surface area contributed by atoms with Gasteiger partial charge >= 0.3 is 6.03 Å². The number of amides is 2. The molecule has 0 aromatic heterocycles. The number of methoxy groups -OCH3 is 4. The molecule has 0 fully saturated rings. The normalized spacial score (nSPS) is 12.8. The van der Waals surface area contributed by atoms with E-state index in [-0.39, 0.29) is 6.03 Å². The van der Waals surface area contributed by atoms with E-state index in [0.717, 1.165) is 12.0 Å². The predicted octanol–water partition coefficient (Wildman–Crippen LogP) is 3.31. The van der Waals surface area contributed by atoms with Crippen LogP contribution in [0.25, 0.3) is 0 Å². The van der Waals surface area contributed by atoms with Crippen molar-refractivity contribution >= 4 is 11.7 Å². The Labute approximate surface area is 158 Å². The Hall–Kier alpha value is -3.09. The van der Waals surface area contributed by atoms with E-state index >= 15 is 0 Å². The summed E-state index contributed by atoms with van der Waals surface area (Å²) in [5, 5.41) is 2.91. The molecule has 1 N–H and O–H groups in total. The Balaban J connectivity index is 1.76. The van der Waals surface area contributed by atoms with Crippen molar-refractivity contribution < 1.29 is 23.7 Å². The molecule has 0 unspecified atom stereocenters. The van der Waals surface area contributed by atoms with Crippen molar-refractivity contribution in [2.24, 2.45) is 0 Å². The van der Waals surface area contributed by atoms with Crippen molar-refractivity contribution in [2.75, 3.05) is 40.3 Å². The summed E-state index contributed by atoms with van der Waals surface area (Å²) in [4.78, 5) is 14.5. The summed E-state index contributed by atoms with van der Waals surface area (Å²) in [7, 11) is 6.37. The second-order valence-electron chi connectivity index (χ2n) is 6.14. The number of rotatable bonds is 5. The Morgan fingerprint density at radius 2 is 1.56 bits per heavy atom. The van der Waals surface area contributed by atoms with Gasteiger partial charge in [0.2, 0.25) is 0 Å². The molecule has 1 heterocycles. The molecule has 0 saturated heterocycles. The van der Waals surface area contributed by atoms with Gasteiger partial charge in [-0.3, -0.25) is 0 Å². The lowest BCUT2D eigenvalue weighted by molar-refractivity contribution is 0.206. The smallest absolute Gasteiger partial charge is 0.322 e. The number of hydrogen-bond acceptors (Lipinski definition) is 5.